The predicted molar refractivity (Wildman–Crippen MR) is 67.3 cm³/mol. The van der Waals surface area contributed by atoms with Crippen LogP contribution in [0.15, 0.2) is 0 Å². The van der Waals surface area contributed by atoms with Crippen molar-refractivity contribution in [2.75, 3.05) is 41.0 Å². The van der Waals surface area contributed by atoms with Gasteiger partial charge < -0.3 is 19.9 Å². The van der Waals surface area contributed by atoms with Crippen LogP contribution in [0.3, 0.4) is 0 Å². The van der Waals surface area contributed by atoms with Crippen LogP contribution in [0.5, 0.6) is 0 Å². The lowest BCUT2D eigenvalue weighted by Gasteiger charge is -2.24. The van der Waals surface area contributed by atoms with E-state index in [9.17, 15) is 4.79 Å². The third-order valence-electron chi connectivity index (χ3n) is 3.50. The Morgan fingerprint density at radius 3 is 2.17 bits per heavy atom. The molecule has 2 N–H and O–H groups in total. The van der Waals surface area contributed by atoms with Crippen molar-refractivity contribution in [2.45, 2.75) is 31.1 Å². The van der Waals surface area contributed by atoms with Crippen LogP contribution in [0.2, 0.25) is 0 Å². The fourth-order valence-corrected chi connectivity index (χ4v) is 2.18. The molecule has 0 saturated carbocycles. The maximum Gasteiger partial charge on any atom is 0.325 e. The highest BCUT2D eigenvalue weighted by molar-refractivity contribution is 5.79. The summed E-state index contributed by atoms with van der Waals surface area (Å²) in [6.45, 7) is 4.01. The molecule has 0 aromatic carbocycles. The minimum Gasteiger partial charge on any atom is -0.468 e. The number of methoxy groups -OCH3 is 3. The van der Waals surface area contributed by atoms with E-state index in [0.29, 0.717) is 6.42 Å². The van der Waals surface area contributed by atoms with E-state index in [4.69, 9.17) is 15.2 Å². The van der Waals surface area contributed by atoms with Gasteiger partial charge in [0, 0.05) is 33.9 Å². The molecule has 3 atom stereocenters. The van der Waals surface area contributed by atoms with E-state index in [2.05, 4.69) is 9.64 Å². The second-order valence-corrected chi connectivity index (χ2v) is 4.97. The second-order valence-electron chi connectivity index (χ2n) is 4.97. The minimum absolute atomic E-state index is 0.0807. The van der Waals surface area contributed by atoms with E-state index >= 15 is 0 Å². The van der Waals surface area contributed by atoms with Crippen LogP contribution in [0.25, 0.3) is 0 Å². The zero-order chi connectivity index (χ0) is 13.8. The number of esters is 1. The van der Waals surface area contributed by atoms with Crippen LogP contribution in [-0.4, -0.2) is 69.6 Å². The summed E-state index contributed by atoms with van der Waals surface area (Å²) < 4.78 is 15.4. The van der Waals surface area contributed by atoms with Gasteiger partial charge in [0.25, 0.3) is 0 Å². The Kier molecular flexibility index (Phi) is 5.52. The predicted octanol–water partition coefficient (Wildman–Crippen LogP) is -0.387. The van der Waals surface area contributed by atoms with Crippen LogP contribution >= 0.6 is 0 Å². The van der Waals surface area contributed by atoms with Gasteiger partial charge in [-0.25, -0.2) is 0 Å². The number of hydrogen-bond acceptors (Lipinski definition) is 6. The number of carbonyl (C=O) groups is 1. The number of likely N-dealkylation sites (tertiary alicyclic amines) is 1. The Bertz CT molecular complexity index is 271. The Morgan fingerprint density at radius 1 is 1.28 bits per heavy atom. The fourth-order valence-electron chi connectivity index (χ4n) is 2.18. The molecule has 0 aliphatic carbocycles. The molecule has 1 fully saturated rings. The molecule has 18 heavy (non-hydrogen) atoms. The molecule has 1 aliphatic rings. The highest BCUT2D eigenvalue weighted by atomic mass is 16.5. The van der Waals surface area contributed by atoms with Gasteiger partial charge in [0.2, 0.25) is 0 Å². The second kappa shape index (κ2) is 6.47. The number of hydrogen-bond donors (Lipinski definition) is 1. The lowest BCUT2D eigenvalue weighted by molar-refractivity contribution is -0.146. The van der Waals surface area contributed by atoms with Crippen molar-refractivity contribution in [1.82, 2.24) is 4.90 Å². The van der Waals surface area contributed by atoms with E-state index in [1.165, 1.54) is 7.11 Å². The van der Waals surface area contributed by atoms with Gasteiger partial charge in [-0.1, -0.05) is 0 Å². The summed E-state index contributed by atoms with van der Waals surface area (Å²) in [7, 11) is 4.72. The highest BCUT2D eigenvalue weighted by Gasteiger charge is 2.35. The number of nitrogens with zero attached hydrogens (tertiary/aromatic N) is 1. The number of carbonyl (C=O) groups excluding carboxylic acids is 1. The first-order valence-corrected chi connectivity index (χ1v) is 6.10. The smallest absolute Gasteiger partial charge is 0.325 e. The number of nitrogens with two attached hydrogens (primary N) is 1. The summed E-state index contributed by atoms with van der Waals surface area (Å²) in [5, 5.41) is 0. The molecule has 6 heteroatoms. The van der Waals surface area contributed by atoms with Gasteiger partial charge in [-0.15, -0.1) is 0 Å². The molecule has 1 aliphatic heterocycles. The average molecular weight is 260 g/mol. The van der Waals surface area contributed by atoms with Crippen molar-refractivity contribution in [2.24, 2.45) is 5.73 Å². The maximum atomic E-state index is 11.5. The molecular formula is C12H24N2O4. The molecule has 1 saturated heterocycles. The van der Waals surface area contributed by atoms with E-state index < -0.39 is 5.54 Å². The van der Waals surface area contributed by atoms with Crippen molar-refractivity contribution in [3.8, 4) is 0 Å². The van der Waals surface area contributed by atoms with Gasteiger partial charge >= 0.3 is 5.97 Å². The van der Waals surface area contributed by atoms with E-state index in [-0.39, 0.29) is 18.2 Å². The lowest BCUT2D eigenvalue weighted by atomic mass is 9.99. The number of ether oxygens (including phenoxy) is 3. The van der Waals surface area contributed by atoms with Crippen molar-refractivity contribution in [3.63, 3.8) is 0 Å². The molecule has 0 spiro atoms. The first-order valence-electron chi connectivity index (χ1n) is 6.10. The van der Waals surface area contributed by atoms with Crippen LogP contribution in [-0.2, 0) is 19.0 Å². The lowest BCUT2D eigenvalue weighted by Crippen LogP contribution is -2.48. The SMILES string of the molecule is COC(=O)C(C)(N)CCN1CC(OC)C(OC)C1. The van der Waals surface area contributed by atoms with Crippen molar-refractivity contribution in [3.05, 3.63) is 0 Å². The van der Waals surface area contributed by atoms with Crippen molar-refractivity contribution >= 4 is 5.97 Å². The molecule has 0 aromatic heterocycles. The summed E-state index contributed by atoms with van der Waals surface area (Å²) >= 11 is 0. The summed E-state index contributed by atoms with van der Waals surface area (Å²) in [6.07, 6.45) is 0.710. The average Bonchev–Trinajstić information content (AvgIpc) is 2.77. The van der Waals surface area contributed by atoms with Gasteiger partial charge in [0.1, 0.15) is 5.54 Å². The van der Waals surface area contributed by atoms with E-state index in [0.717, 1.165) is 19.6 Å². The molecule has 0 radical (unpaired) electrons. The summed E-state index contributed by atoms with van der Waals surface area (Å²) in [6, 6.07) is 0. The van der Waals surface area contributed by atoms with E-state index in [1.807, 2.05) is 0 Å². The minimum atomic E-state index is -0.942. The molecule has 106 valence electrons. The standard InChI is InChI=1S/C12H24N2O4/c1-12(13,11(15)18-4)5-6-14-7-9(16-2)10(8-14)17-3/h9-10H,5-8,13H2,1-4H3. The van der Waals surface area contributed by atoms with Gasteiger partial charge in [0.15, 0.2) is 0 Å². The first-order chi connectivity index (χ1) is 8.44. The van der Waals surface area contributed by atoms with Gasteiger partial charge in [-0.05, 0) is 13.3 Å². The Labute approximate surface area is 108 Å². The van der Waals surface area contributed by atoms with Gasteiger partial charge in [-0.2, -0.15) is 0 Å². The maximum absolute atomic E-state index is 11.5. The van der Waals surface area contributed by atoms with Crippen molar-refractivity contribution < 1.29 is 19.0 Å². The topological polar surface area (TPSA) is 74.0 Å². The van der Waals surface area contributed by atoms with E-state index in [1.54, 1.807) is 21.1 Å². The fraction of sp³-hybridized carbons (Fsp3) is 0.917. The van der Waals surface area contributed by atoms with Crippen LogP contribution < -0.4 is 5.73 Å². The van der Waals surface area contributed by atoms with Crippen LogP contribution in [0.1, 0.15) is 13.3 Å². The molecule has 0 amide bonds. The largest absolute Gasteiger partial charge is 0.468 e. The molecule has 6 nitrogen and oxygen atoms in total. The molecule has 1 heterocycles. The molecular weight excluding hydrogens is 236 g/mol. The molecule has 3 unspecified atom stereocenters. The van der Waals surface area contributed by atoms with Crippen molar-refractivity contribution in [1.29, 1.82) is 0 Å². The molecule has 1 rings (SSSR count). The Balaban J connectivity index is 2.43. The van der Waals surface area contributed by atoms with Crippen LogP contribution in [0, 0.1) is 0 Å². The quantitative estimate of drug-likeness (QED) is 0.656. The Hall–Kier alpha value is -0.690. The summed E-state index contributed by atoms with van der Waals surface area (Å²) in [5.74, 6) is -0.381. The normalized spacial score (nSPS) is 28.1. The van der Waals surface area contributed by atoms with Gasteiger partial charge in [0.05, 0.1) is 19.3 Å². The third kappa shape index (κ3) is 3.65. The summed E-state index contributed by atoms with van der Waals surface area (Å²) in [4.78, 5) is 13.7. The zero-order valence-corrected chi connectivity index (χ0v) is 11.6. The first kappa shape index (κ1) is 15.4. The highest BCUT2D eigenvalue weighted by Crippen LogP contribution is 2.18. The zero-order valence-electron chi connectivity index (χ0n) is 11.6. The monoisotopic (exact) mass is 260 g/mol. The van der Waals surface area contributed by atoms with Crippen LogP contribution in [0.4, 0.5) is 0 Å². The summed E-state index contributed by atoms with van der Waals surface area (Å²) in [5.41, 5.74) is 4.98. The Morgan fingerprint density at radius 2 is 1.78 bits per heavy atom. The van der Waals surface area contributed by atoms with Gasteiger partial charge in [-0.3, -0.25) is 9.69 Å². The third-order valence-corrected chi connectivity index (χ3v) is 3.50. The number of rotatable bonds is 6. The molecule has 0 aromatic rings. The molecule has 0 bridgehead atoms.